The molecule has 2 heterocycles. The third-order valence-corrected chi connectivity index (χ3v) is 2.45. The van der Waals surface area contributed by atoms with Crippen molar-refractivity contribution < 1.29 is 8.94 Å². The van der Waals surface area contributed by atoms with Crippen LogP contribution in [0.4, 0.5) is 5.88 Å². The maximum Gasteiger partial charge on any atom is 0.232 e. The molecule has 2 aromatic rings. The first-order chi connectivity index (χ1) is 8.11. The molecule has 6 heteroatoms. The van der Waals surface area contributed by atoms with Crippen molar-refractivity contribution in [3.05, 3.63) is 28.6 Å². The van der Waals surface area contributed by atoms with Crippen LogP contribution in [0.2, 0.25) is 0 Å². The minimum atomic E-state index is 0.259. The molecule has 0 radical (unpaired) electrons. The maximum atomic E-state index is 8.85. The lowest BCUT2D eigenvalue weighted by molar-refractivity contribution is 0.392. The standard InChI is InChI=1S/C11H12N4O2/c1-6-9(7(2)17-15-6)5-13-11-10(4-12)14-8(3)16-11/h13H,5H2,1-3H3. The van der Waals surface area contributed by atoms with Gasteiger partial charge in [0.2, 0.25) is 11.6 Å². The highest BCUT2D eigenvalue weighted by molar-refractivity contribution is 5.46. The number of nitriles is 1. The van der Waals surface area contributed by atoms with Crippen LogP contribution in [-0.2, 0) is 6.54 Å². The van der Waals surface area contributed by atoms with Gasteiger partial charge in [-0.3, -0.25) is 0 Å². The van der Waals surface area contributed by atoms with E-state index in [4.69, 9.17) is 14.2 Å². The molecule has 0 aromatic carbocycles. The molecular formula is C11H12N4O2. The number of aryl methyl sites for hydroxylation is 3. The summed E-state index contributed by atoms with van der Waals surface area (Å²) in [5.41, 5.74) is 2.04. The van der Waals surface area contributed by atoms with E-state index in [-0.39, 0.29) is 5.69 Å². The lowest BCUT2D eigenvalue weighted by Crippen LogP contribution is -2.01. The van der Waals surface area contributed by atoms with Crippen molar-refractivity contribution in [3.63, 3.8) is 0 Å². The lowest BCUT2D eigenvalue weighted by Gasteiger charge is -2.01. The topological polar surface area (TPSA) is 87.9 Å². The van der Waals surface area contributed by atoms with Crippen LogP contribution in [0.1, 0.15) is 28.6 Å². The lowest BCUT2D eigenvalue weighted by atomic mass is 10.2. The number of nitrogens with one attached hydrogen (secondary N) is 1. The van der Waals surface area contributed by atoms with Crippen LogP contribution in [0.3, 0.4) is 0 Å². The molecule has 2 aromatic heterocycles. The maximum absolute atomic E-state index is 8.85. The van der Waals surface area contributed by atoms with E-state index in [9.17, 15) is 0 Å². The molecule has 0 aliphatic carbocycles. The molecule has 6 nitrogen and oxygen atoms in total. The van der Waals surface area contributed by atoms with Crippen LogP contribution in [0.25, 0.3) is 0 Å². The molecule has 0 unspecified atom stereocenters. The van der Waals surface area contributed by atoms with Crippen molar-refractivity contribution in [1.29, 1.82) is 5.26 Å². The number of oxazole rings is 1. The zero-order chi connectivity index (χ0) is 12.4. The van der Waals surface area contributed by atoms with E-state index in [1.165, 1.54) is 0 Å². The Morgan fingerprint density at radius 1 is 1.35 bits per heavy atom. The van der Waals surface area contributed by atoms with Crippen LogP contribution in [0.5, 0.6) is 0 Å². The molecule has 0 aliphatic rings. The van der Waals surface area contributed by atoms with Crippen LogP contribution < -0.4 is 5.32 Å². The third kappa shape index (κ3) is 2.13. The molecule has 17 heavy (non-hydrogen) atoms. The number of rotatable bonds is 3. The summed E-state index contributed by atoms with van der Waals surface area (Å²) in [6.45, 7) is 5.89. The Balaban J connectivity index is 2.15. The van der Waals surface area contributed by atoms with Gasteiger partial charge >= 0.3 is 0 Å². The summed E-state index contributed by atoms with van der Waals surface area (Å²) >= 11 is 0. The summed E-state index contributed by atoms with van der Waals surface area (Å²) in [5, 5.41) is 15.7. The fraction of sp³-hybridized carbons (Fsp3) is 0.364. The van der Waals surface area contributed by atoms with E-state index in [1.807, 2.05) is 19.9 Å². The summed E-state index contributed by atoms with van der Waals surface area (Å²) < 4.78 is 10.3. The third-order valence-electron chi connectivity index (χ3n) is 2.45. The molecule has 0 atom stereocenters. The number of aromatic nitrogens is 2. The minimum absolute atomic E-state index is 0.259. The van der Waals surface area contributed by atoms with Crippen LogP contribution in [0.15, 0.2) is 8.94 Å². The predicted molar refractivity (Wildman–Crippen MR) is 59.3 cm³/mol. The largest absolute Gasteiger partial charge is 0.424 e. The smallest absolute Gasteiger partial charge is 0.232 e. The highest BCUT2D eigenvalue weighted by atomic mass is 16.5. The van der Waals surface area contributed by atoms with Gasteiger partial charge in [-0.1, -0.05) is 5.16 Å². The van der Waals surface area contributed by atoms with Crippen molar-refractivity contribution in [2.75, 3.05) is 5.32 Å². The molecule has 1 N–H and O–H groups in total. The number of hydrogen-bond acceptors (Lipinski definition) is 6. The van der Waals surface area contributed by atoms with Gasteiger partial charge in [-0.25, -0.2) is 4.98 Å². The molecule has 0 spiro atoms. The second-order valence-corrected chi connectivity index (χ2v) is 3.68. The van der Waals surface area contributed by atoms with Gasteiger partial charge in [0.1, 0.15) is 11.8 Å². The van der Waals surface area contributed by atoms with E-state index in [1.54, 1.807) is 6.92 Å². The van der Waals surface area contributed by atoms with E-state index < -0.39 is 0 Å². The predicted octanol–water partition coefficient (Wildman–Crippen LogP) is 2.07. The monoisotopic (exact) mass is 232 g/mol. The summed E-state index contributed by atoms with van der Waals surface area (Å²) in [7, 11) is 0. The Morgan fingerprint density at radius 3 is 2.71 bits per heavy atom. The Labute approximate surface area is 98.2 Å². The molecular weight excluding hydrogens is 220 g/mol. The average molecular weight is 232 g/mol. The van der Waals surface area contributed by atoms with Crippen molar-refractivity contribution in [1.82, 2.24) is 10.1 Å². The van der Waals surface area contributed by atoms with Gasteiger partial charge in [-0.05, 0) is 13.8 Å². The molecule has 0 saturated heterocycles. The van der Waals surface area contributed by atoms with Crippen molar-refractivity contribution in [2.24, 2.45) is 0 Å². The van der Waals surface area contributed by atoms with Crippen molar-refractivity contribution in [2.45, 2.75) is 27.3 Å². The van der Waals surface area contributed by atoms with Crippen LogP contribution >= 0.6 is 0 Å². The molecule has 2 rings (SSSR count). The SMILES string of the molecule is Cc1nc(C#N)c(NCc2c(C)noc2C)o1. The molecule has 0 fully saturated rings. The number of nitrogens with zero attached hydrogens (tertiary/aromatic N) is 3. The van der Waals surface area contributed by atoms with Crippen molar-refractivity contribution >= 4 is 5.88 Å². The molecule has 88 valence electrons. The zero-order valence-corrected chi connectivity index (χ0v) is 9.87. The molecule has 0 bridgehead atoms. The van der Waals surface area contributed by atoms with Crippen LogP contribution in [-0.4, -0.2) is 10.1 Å². The Morgan fingerprint density at radius 2 is 2.12 bits per heavy atom. The Kier molecular flexibility index (Phi) is 2.83. The summed E-state index contributed by atoms with van der Waals surface area (Å²) in [5.74, 6) is 1.59. The quantitative estimate of drug-likeness (QED) is 0.871. The highest BCUT2D eigenvalue weighted by Gasteiger charge is 2.13. The fourth-order valence-electron chi connectivity index (χ4n) is 1.55. The minimum Gasteiger partial charge on any atom is -0.424 e. The van der Waals surface area contributed by atoms with E-state index >= 15 is 0 Å². The van der Waals surface area contributed by atoms with Gasteiger partial charge in [0.15, 0.2) is 5.89 Å². The van der Waals surface area contributed by atoms with Crippen molar-refractivity contribution in [3.8, 4) is 6.07 Å². The number of anilines is 1. The fourth-order valence-corrected chi connectivity index (χ4v) is 1.55. The Hall–Kier alpha value is -2.29. The first-order valence-corrected chi connectivity index (χ1v) is 5.15. The molecule has 0 aliphatic heterocycles. The van der Waals surface area contributed by atoms with Gasteiger partial charge in [-0.15, -0.1) is 0 Å². The summed E-state index contributed by atoms with van der Waals surface area (Å²) in [6, 6.07) is 1.97. The summed E-state index contributed by atoms with van der Waals surface area (Å²) in [4.78, 5) is 3.94. The van der Waals surface area contributed by atoms with Crippen LogP contribution in [0, 0.1) is 32.1 Å². The normalized spacial score (nSPS) is 10.2. The Bertz CT molecular complexity index is 557. The van der Waals surface area contributed by atoms with E-state index in [0.717, 1.165) is 17.0 Å². The first-order valence-electron chi connectivity index (χ1n) is 5.15. The second-order valence-electron chi connectivity index (χ2n) is 3.68. The van der Waals surface area contributed by atoms with Gasteiger partial charge < -0.3 is 14.3 Å². The van der Waals surface area contributed by atoms with E-state index in [2.05, 4.69) is 15.5 Å². The average Bonchev–Trinajstić information content (AvgIpc) is 2.81. The second kappa shape index (κ2) is 4.29. The van der Waals surface area contributed by atoms with Gasteiger partial charge in [0, 0.05) is 19.0 Å². The molecule has 0 saturated carbocycles. The van der Waals surface area contributed by atoms with Gasteiger partial charge in [0.05, 0.1) is 5.69 Å². The highest BCUT2D eigenvalue weighted by Crippen LogP contribution is 2.19. The summed E-state index contributed by atoms with van der Waals surface area (Å²) in [6.07, 6.45) is 0. The van der Waals surface area contributed by atoms with Gasteiger partial charge in [-0.2, -0.15) is 5.26 Å². The zero-order valence-electron chi connectivity index (χ0n) is 9.87. The number of hydrogen-bond donors (Lipinski definition) is 1. The first kappa shape index (κ1) is 11.2. The molecule has 0 amide bonds. The van der Waals surface area contributed by atoms with E-state index in [0.29, 0.717) is 18.3 Å². The van der Waals surface area contributed by atoms with Gasteiger partial charge in [0.25, 0.3) is 0 Å².